The summed E-state index contributed by atoms with van der Waals surface area (Å²) in [4.78, 5) is 47.3. The molecule has 16 heteroatoms. The summed E-state index contributed by atoms with van der Waals surface area (Å²) in [5.41, 5.74) is -1.39. The molecule has 270 valence electrons. The second-order valence-electron chi connectivity index (χ2n) is 14.5. The van der Waals surface area contributed by atoms with E-state index in [1.165, 1.54) is 18.5 Å². The predicted molar refractivity (Wildman–Crippen MR) is 184 cm³/mol. The summed E-state index contributed by atoms with van der Waals surface area (Å²) >= 11 is 6.38. The van der Waals surface area contributed by atoms with Gasteiger partial charge in [-0.05, 0) is 66.6 Å². The summed E-state index contributed by atoms with van der Waals surface area (Å²) in [7, 11) is -1.32. The third-order valence-corrected chi connectivity index (χ3v) is 8.69. The Morgan fingerprint density at radius 3 is 2.20 bits per heavy atom. The molecule has 2 aromatic heterocycles. The van der Waals surface area contributed by atoms with Crippen LogP contribution in [0.2, 0.25) is 30.7 Å². The number of carboxylic acids is 1. The van der Waals surface area contributed by atoms with Crippen molar-refractivity contribution in [1.82, 2.24) is 19.4 Å². The second-order valence-corrected chi connectivity index (χ2v) is 20.5. The molecule has 0 radical (unpaired) electrons. The lowest BCUT2D eigenvalue weighted by molar-refractivity contribution is -0.000783. The summed E-state index contributed by atoms with van der Waals surface area (Å²) < 4.78 is 44.7. The Balaban J connectivity index is 1.83. The van der Waals surface area contributed by atoms with Gasteiger partial charge in [-0.1, -0.05) is 31.2 Å². The number of ether oxygens (including phenoxy) is 5. The van der Waals surface area contributed by atoms with Crippen molar-refractivity contribution in [3.05, 3.63) is 46.5 Å². The Kier molecular flexibility index (Phi) is 12.7. The van der Waals surface area contributed by atoms with Crippen LogP contribution in [0.1, 0.15) is 70.5 Å². The molecule has 3 aromatic rings. The highest BCUT2D eigenvalue weighted by molar-refractivity contribution is 6.76. The van der Waals surface area contributed by atoms with E-state index in [2.05, 4.69) is 29.6 Å². The molecule has 1 N–H and O–H groups in total. The van der Waals surface area contributed by atoms with E-state index >= 15 is 0 Å². The Hall–Kier alpha value is -3.95. The number of rotatable bonds is 13. The summed E-state index contributed by atoms with van der Waals surface area (Å²) in [5, 5.41) is 9.55. The fraction of sp³-hybridized carbons (Fsp3) is 0.545. The number of benzene rings is 1. The predicted octanol–water partition coefficient (Wildman–Crippen LogP) is 7.93. The van der Waals surface area contributed by atoms with Crippen molar-refractivity contribution in [3.63, 3.8) is 0 Å². The molecular weight excluding hydrogens is 679 g/mol. The SMILES string of the molecule is CC(Oc1cnc2c(n1)c(C(=O)O)cn2COCC[Si](C)(C)C)c1c(OCCN(C(=O)OC(C)(C)C)C(=O)OC(C)(C)C)ccc(F)c1Cl. The Morgan fingerprint density at radius 2 is 1.65 bits per heavy atom. The third-order valence-electron chi connectivity index (χ3n) is 6.60. The van der Waals surface area contributed by atoms with Gasteiger partial charge in [0.25, 0.3) is 0 Å². The highest BCUT2D eigenvalue weighted by atomic mass is 35.5. The van der Waals surface area contributed by atoms with Gasteiger partial charge in [0.1, 0.15) is 53.3 Å². The molecule has 0 bridgehead atoms. The topological polar surface area (TPSA) is 152 Å². The quantitative estimate of drug-likeness (QED) is 0.135. The van der Waals surface area contributed by atoms with Crippen LogP contribution in [0.25, 0.3) is 11.2 Å². The number of carbonyl (C=O) groups is 3. The van der Waals surface area contributed by atoms with E-state index in [1.54, 1.807) is 53.0 Å². The maximum absolute atomic E-state index is 14.7. The molecule has 0 fully saturated rings. The molecule has 1 aromatic carbocycles. The minimum Gasteiger partial charge on any atom is -0.491 e. The number of aromatic carboxylic acids is 1. The molecule has 0 spiro atoms. The van der Waals surface area contributed by atoms with Crippen molar-refractivity contribution in [2.75, 3.05) is 19.8 Å². The highest BCUT2D eigenvalue weighted by Crippen LogP contribution is 2.36. The number of fused-ring (bicyclic) bond motifs is 1. The van der Waals surface area contributed by atoms with E-state index in [1.807, 2.05) is 0 Å². The molecule has 0 saturated carbocycles. The molecule has 0 saturated heterocycles. The van der Waals surface area contributed by atoms with Gasteiger partial charge in [-0.25, -0.2) is 33.6 Å². The largest absolute Gasteiger partial charge is 0.491 e. The van der Waals surface area contributed by atoms with E-state index in [4.69, 9.17) is 35.3 Å². The third kappa shape index (κ3) is 11.6. The minimum absolute atomic E-state index is 0.0489. The van der Waals surface area contributed by atoms with Crippen LogP contribution in [0, 0.1) is 5.82 Å². The lowest BCUT2D eigenvalue weighted by Crippen LogP contribution is -2.45. The minimum atomic E-state index is -1.32. The van der Waals surface area contributed by atoms with Crippen LogP contribution in [0.3, 0.4) is 0 Å². The van der Waals surface area contributed by atoms with Crippen LogP contribution in [-0.2, 0) is 20.9 Å². The number of amides is 2. The Bertz CT molecular complexity index is 1640. The Labute approximate surface area is 291 Å². The zero-order valence-electron chi connectivity index (χ0n) is 29.7. The zero-order valence-corrected chi connectivity index (χ0v) is 31.4. The van der Waals surface area contributed by atoms with Crippen molar-refractivity contribution >= 4 is 49.0 Å². The average molecular weight is 725 g/mol. The van der Waals surface area contributed by atoms with Crippen molar-refractivity contribution in [3.8, 4) is 11.6 Å². The van der Waals surface area contributed by atoms with Gasteiger partial charge in [0.2, 0.25) is 5.88 Å². The van der Waals surface area contributed by atoms with Crippen molar-refractivity contribution in [1.29, 1.82) is 0 Å². The smallest absolute Gasteiger partial charge is 0.419 e. The molecule has 0 aliphatic heterocycles. The fourth-order valence-corrected chi connectivity index (χ4v) is 5.39. The number of aromatic nitrogens is 3. The van der Waals surface area contributed by atoms with Gasteiger partial charge >= 0.3 is 18.2 Å². The summed E-state index contributed by atoms with van der Waals surface area (Å²) in [6.07, 6.45) is -0.113. The van der Waals surface area contributed by atoms with E-state index in [9.17, 15) is 23.9 Å². The number of carbonyl (C=O) groups excluding carboxylic acids is 2. The van der Waals surface area contributed by atoms with Crippen molar-refractivity contribution in [2.24, 2.45) is 0 Å². The lowest BCUT2D eigenvalue weighted by Gasteiger charge is -2.28. The van der Waals surface area contributed by atoms with Gasteiger partial charge in [-0.15, -0.1) is 0 Å². The molecular formula is C33H46ClFN4O9Si. The molecule has 13 nitrogen and oxygen atoms in total. The normalized spacial score (nSPS) is 12.8. The van der Waals surface area contributed by atoms with Crippen LogP contribution >= 0.6 is 11.6 Å². The van der Waals surface area contributed by atoms with E-state index in [-0.39, 0.29) is 58.8 Å². The standard InChI is InChI=1S/C33H46ClFN4O9Si/c1-20(46-24-17-36-28-27(37-24)21(29(40)41)18-38(28)19-44-15-16-49(8,9)10)25-23(12-11-22(35)26(25)34)45-14-13-39(30(42)47-32(2,3)4)31(43)48-33(5,6)7/h11-12,17-18,20H,13-16,19H2,1-10H3,(H,40,41). The van der Waals surface area contributed by atoms with E-state index in [0.29, 0.717) is 6.61 Å². The number of hydrogen-bond donors (Lipinski definition) is 1. The number of hydrogen-bond acceptors (Lipinski definition) is 10. The molecule has 2 heterocycles. The first kappa shape index (κ1) is 39.5. The summed E-state index contributed by atoms with van der Waals surface area (Å²) in [6, 6.07) is 3.38. The molecule has 3 rings (SSSR count). The van der Waals surface area contributed by atoms with Gasteiger partial charge in [0.05, 0.1) is 23.3 Å². The monoisotopic (exact) mass is 724 g/mol. The first-order chi connectivity index (χ1) is 22.6. The van der Waals surface area contributed by atoms with Gasteiger partial charge in [-0.3, -0.25) is 0 Å². The molecule has 49 heavy (non-hydrogen) atoms. The van der Waals surface area contributed by atoms with Gasteiger partial charge in [0.15, 0.2) is 5.65 Å². The zero-order chi connectivity index (χ0) is 36.9. The van der Waals surface area contributed by atoms with Crippen molar-refractivity contribution in [2.45, 2.75) is 98.2 Å². The van der Waals surface area contributed by atoms with Crippen LogP contribution in [0.4, 0.5) is 14.0 Å². The summed E-state index contributed by atoms with van der Waals surface area (Å²) in [6.45, 7) is 18.4. The number of nitrogens with zero attached hydrogens (tertiary/aromatic N) is 4. The van der Waals surface area contributed by atoms with Crippen LogP contribution in [0.5, 0.6) is 11.6 Å². The first-order valence-electron chi connectivity index (χ1n) is 15.7. The Morgan fingerprint density at radius 1 is 1.04 bits per heavy atom. The van der Waals surface area contributed by atoms with Crippen molar-refractivity contribution < 1.29 is 47.6 Å². The first-order valence-corrected chi connectivity index (χ1v) is 19.8. The maximum Gasteiger partial charge on any atom is 0.419 e. The molecule has 0 aliphatic rings. The number of imide groups is 1. The molecule has 1 atom stereocenters. The van der Waals surface area contributed by atoms with E-state index in [0.717, 1.165) is 17.0 Å². The van der Waals surface area contributed by atoms with E-state index < -0.39 is 49.4 Å². The lowest BCUT2D eigenvalue weighted by atomic mass is 10.1. The highest BCUT2D eigenvalue weighted by Gasteiger charge is 2.31. The van der Waals surface area contributed by atoms with Crippen LogP contribution in [-0.4, -0.2) is 81.7 Å². The van der Waals surface area contributed by atoms with Crippen LogP contribution in [0.15, 0.2) is 24.5 Å². The van der Waals surface area contributed by atoms with Gasteiger partial charge in [0, 0.05) is 20.9 Å². The molecule has 1 unspecified atom stereocenters. The maximum atomic E-state index is 14.7. The number of carboxylic acid groups (broad SMARTS) is 1. The fourth-order valence-electron chi connectivity index (χ4n) is 4.32. The second kappa shape index (κ2) is 15.7. The summed E-state index contributed by atoms with van der Waals surface area (Å²) in [5.74, 6) is -1.90. The average Bonchev–Trinajstić information content (AvgIpc) is 3.30. The van der Waals surface area contributed by atoms with Gasteiger partial charge in [-0.2, -0.15) is 0 Å². The van der Waals surface area contributed by atoms with Crippen LogP contribution < -0.4 is 9.47 Å². The number of halogens is 2. The van der Waals surface area contributed by atoms with Gasteiger partial charge < -0.3 is 33.4 Å². The molecule has 0 aliphatic carbocycles. The molecule has 2 amide bonds.